The van der Waals surface area contributed by atoms with Crippen molar-refractivity contribution in [2.24, 2.45) is 17.8 Å². The fourth-order valence-corrected chi connectivity index (χ4v) is 21.9. The Morgan fingerprint density at radius 2 is 1.25 bits per heavy atom. The van der Waals surface area contributed by atoms with Gasteiger partial charge in [-0.3, -0.25) is 4.79 Å². The van der Waals surface area contributed by atoms with E-state index in [0.717, 1.165) is 63.1 Å². The predicted molar refractivity (Wildman–Crippen MR) is 379 cm³/mol. The number of alkyl halides is 1. The third-order valence-electron chi connectivity index (χ3n) is 24.3. The molecule has 95 heavy (non-hydrogen) atoms. The van der Waals surface area contributed by atoms with E-state index in [-0.39, 0.29) is 95.0 Å². The number of halogens is 1. The molecule has 17 nitrogen and oxygen atoms in total. The first-order valence-electron chi connectivity index (χ1n) is 37.2. The van der Waals surface area contributed by atoms with Gasteiger partial charge in [0.15, 0.2) is 48.1 Å². The smallest absolute Gasteiger partial charge is 0.334 e. The van der Waals surface area contributed by atoms with Crippen LogP contribution < -0.4 is 0 Å². The number of esters is 2. The van der Waals surface area contributed by atoms with Crippen molar-refractivity contribution in [2.75, 3.05) is 21.3 Å². The summed E-state index contributed by atoms with van der Waals surface area (Å²) in [5.41, 5.74) is 0. The molecule has 8 heterocycles. The Morgan fingerprint density at radius 1 is 0.642 bits per heavy atom. The molecule has 8 aliphatic heterocycles. The van der Waals surface area contributed by atoms with Gasteiger partial charge in [-0.25, -0.2) is 4.79 Å². The number of carbonyl (C=O) groups is 2. The Hall–Kier alpha value is -1.16. The average molecular weight is 1410 g/mol. The fourth-order valence-electron chi connectivity index (χ4n) is 16.0. The zero-order valence-electron chi connectivity index (χ0n) is 62.8. The largest absolute Gasteiger partial charge is 0.467 e. The number of methoxy groups -OCH3 is 3. The number of rotatable bonds is 18. The molecule has 0 aromatic rings. The van der Waals surface area contributed by atoms with Crippen molar-refractivity contribution in [3.05, 3.63) is 24.3 Å². The third kappa shape index (κ3) is 19.6. The summed E-state index contributed by atoms with van der Waals surface area (Å²) in [5, 5.41) is -0.546. The van der Waals surface area contributed by atoms with E-state index >= 15 is 0 Å². The van der Waals surface area contributed by atoms with E-state index in [1.165, 1.54) is 7.11 Å². The van der Waals surface area contributed by atoms with Crippen LogP contribution in [0, 0.1) is 17.8 Å². The molecule has 0 amide bonds. The summed E-state index contributed by atoms with van der Waals surface area (Å²) < 4.78 is 104. The van der Waals surface area contributed by atoms with Gasteiger partial charge in [-0.15, -0.1) is 11.6 Å². The van der Waals surface area contributed by atoms with Crippen molar-refractivity contribution in [3.63, 3.8) is 0 Å². The van der Waals surface area contributed by atoms with E-state index in [1.807, 2.05) is 19.9 Å². The molecule has 9 bridgehead atoms. The zero-order valence-corrected chi connectivity index (χ0v) is 66.5. The molecule has 0 aromatic carbocycles. The number of hydrogen-bond donors (Lipinski definition) is 0. The molecule has 8 saturated heterocycles. The minimum atomic E-state index is -2.36. The highest BCUT2D eigenvalue weighted by Gasteiger charge is 2.62. The van der Waals surface area contributed by atoms with Crippen LogP contribution in [0.1, 0.15) is 225 Å². The van der Waals surface area contributed by atoms with Crippen LogP contribution in [-0.4, -0.2) is 172 Å². The molecular weight excluding hydrogens is 1280 g/mol. The molecule has 3 spiro atoms. The lowest BCUT2D eigenvalue weighted by molar-refractivity contribution is -0.413. The Kier molecular flexibility index (Phi) is 27.3. The monoisotopic (exact) mass is 1410 g/mol. The Labute approximate surface area is 582 Å². The number of ether oxygens (including phenoxy) is 12. The van der Waals surface area contributed by atoms with Crippen LogP contribution in [0.2, 0.25) is 54.4 Å². The minimum Gasteiger partial charge on any atom is -0.467 e. The fraction of sp³-hybridized carbons (Fsp3) is 0.919. The van der Waals surface area contributed by atoms with E-state index in [2.05, 4.69) is 128 Å². The first kappa shape index (κ1) is 79.5. The molecule has 21 heteroatoms. The molecule has 0 unspecified atom stereocenters. The Balaban J connectivity index is 1.12. The third-order valence-corrected chi connectivity index (χ3v) is 38.6. The van der Waals surface area contributed by atoms with Crippen LogP contribution in [0.25, 0.3) is 0 Å². The van der Waals surface area contributed by atoms with Crippen molar-refractivity contribution >= 4 is 48.5 Å². The minimum absolute atomic E-state index is 0.0184. The second-order valence-electron chi connectivity index (χ2n) is 33.6. The summed E-state index contributed by atoms with van der Waals surface area (Å²) >= 11 is 7.47. The van der Waals surface area contributed by atoms with Gasteiger partial charge >= 0.3 is 11.9 Å². The molecule has 0 aliphatic carbocycles. The Bertz CT molecular complexity index is 2510. The van der Waals surface area contributed by atoms with Gasteiger partial charge in [0, 0.05) is 70.9 Å². The predicted octanol–water partition coefficient (Wildman–Crippen LogP) is 16.7. The summed E-state index contributed by atoms with van der Waals surface area (Å²) in [7, 11) is -1.85. The van der Waals surface area contributed by atoms with Crippen molar-refractivity contribution in [1.29, 1.82) is 0 Å². The Morgan fingerprint density at radius 3 is 1.89 bits per heavy atom. The van der Waals surface area contributed by atoms with Gasteiger partial charge in [0.05, 0.1) is 61.6 Å². The highest BCUT2D eigenvalue weighted by molar-refractivity contribution is 6.74. The maximum Gasteiger partial charge on any atom is 0.334 e. The normalized spacial score (nSPS) is 39.4. The summed E-state index contributed by atoms with van der Waals surface area (Å²) in [6.45, 7) is 40.5. The van der Waals surface area contributed by atoms with Gasteiger partial charge in [-0.2, -0.15) is 0 Å². The number of allylic oxidation sites excluding steroid dienone is 2. The maximum atomic E-state index is 14.7. The van der Waals surface area contributed by atoms with Gasteiger partial charge in [0.2, 0.25) is 0 Å². The highest BCUT2D eigenvalue weighted by Crippen LogP contribution is 2.55. The number of fused-ring (bicyclic) bond motifs is 8. The van der Waals surface area contributed by atoms with Crippen molar-refractivity contribution in [2.45, 2.75) is 394 Å². The average Bonchev–Trinajstić information content (AvgIpc) is 1.69. The lowest BCUT2D eigenvalue weighted by Gasteiger charge is -2.54. The standard InChI is InChI=1S/C74H131ClO17Si3/c1-22-95(23-2,24-3)91-59(68(77)80-17)34-29-27-25-26-28-33-56-61-48-74(85-56)51(6)38-41-73(92-74)47-62(79-16)64(75)57(83-73)36-35-50(5)65-67(87-71(13,14)86-65)66-58(78-15)39-42-72(88-66)40-37-49(4)60(84-72)45-55(90-94(20,21)70(10,11)12)44-54(89-93(18,19)69(7,8)9)43-52-31-30-32-53(81-52)46-63(76)82-61/h26-29,49-62,64-67H,22-25,30-48H2,1-21H3/b28-26+,29-27-/t49-,50-,51-,52-,53+,54+,55-,56-,57+,58-,59+,60+,61-,62+,64+,65-,66-,67-,72-,73+,74+/m0/s1. The van der Waals surface area contributed by atoms with Gasteiger partial charge < -0.3 is 70.1 Å². The number of hydrogen-bond acceptors (Lipinski definition) is 17. The SMILES string of the molecule is CC[Si](CC)(CC)O[C@H](C/C=C\C/C=C/C[C@@H]1O[C@@]23C[C@@H]1OC(=O)C[C@H]1CCC[C@@H](C[C@@H](O[Si](C)(C)C(C)(C)C)C[C@H](O[Si](C)(C)C(C)(C)C)C[C@H]4O[C@@]5(CC[C@H](OC)[C@H](O5)[C@H]5OC(C)(C)O[C@H]5[C@@H](C)CC[C@H]5O[C@@](CC[C@@H]2C)(C[C@@H](OC)[C@@H]5Cl)O3)CC[C@@H]4C)O1)C(=O)OC. The summed E-state index contributed by atoms with van der Waals surface area (Å²) in [6, 6.07) is 2.82. The highest BCUT2D eigenvalue weighted by atomic mass is 35.5. The summed E-state index contributed by atoms with van der Waals surface area (Å²) in [4.78, 5) is 27.7. The molecule has 0 aromatic heterocycles. The molecule has 8 rings (SSSR count). The number of carbonyl (C=O) groups excluding carboxylic acids is 2. The van der Waals surface area contributed by atoms with Crippen molar-refractivity contribution in [1.82, 2.24) is 0 Å². The van der Waals surface area contributed by atoms with E-state index in [4.69, 9.17) is 81.7 Å². The molecule has 548 valence electrons. The topological polar surface area (TPSA) is 173 Å². The van der Waals surface area contributed by atoms with Crippen molar-refractivity contribution < 1.29 is 79.7 Å². The lowest BCUT2D eigenvalue weighted by Crippen LogP contribution is -2.61. The van der Waals surface area contributed by atoms with Crippen LogP contribution >= 0.6 is 11.6 Å². The summed E-state index contributed by atoms with van der Waals surface area (Å²) in [5.74, 6) is -4.46. The molecule has 0 N–H and O–H groups in total. The van der Waals surface area contributed by atoms with Gasteiger partial charge in [0.1, 0.15) is 30.5 Å². The maximum absolute atomic E-state index is 14.7. The molecule has 0 radical (unpaired) electrons. The molecule has 8 fully saturated rings. The van der Waals surface area contributed by atoms with Gasteiger partial charge in [0.25, 0.3) is 0 Å². The first-order chi connectivity index (χ1) is 44.5. The van der Waals surface area contributed by atoms with Crippen LogP contribution in [0.3, 0.4) is 0 Å². The molecule has 0 saturated carbocycles. The van der Waals surface area contributed by atoms with Gasteiger partial charge in [-0.05, 0) is 164 Å². The van der Waals surface area contributed by atoms with E-state index in [9.17, 15) is 9.59 Å². The van der Waals surface area contributed by atoms with Gasteiger partial charge in [-0.1, -0.05) is 107 Å². The van der Waals surface area contributed by atoms with Crippen molar-refractivity contribution in [3.8, 4) is 0 Å². The quantitative estimate of drug-likeness (QED) is 0.0548. The van der Waals surface area contributed by atoms with E-state index in [0.29, 0.717) is 77.0 Å². The molecule has 21 atom stereocenters. The first-order valence-corrected chi connectivity index (χ1v) is 46.0. The molecular formula is C74H131ClO17Si3. The summed E-state index contributed by atoms with van der Waals surface area (Å²) in [6.07, 6.45) is 16.0. The van der Waals surface area contributed by atoms with Crippen LogP contribution in [0.5, 0.6) is 0 Å². The lowest BCUT2D eigenvalue weighted by atomic mass is 9.81. The van der Waals surface area contributed by atoms with E-state index < -0.39 is 90.1 Å². The van der Waals surface area contributed by atoms with Crippen LogP contribution in [0.15, 0.2) is 24.3 Å². The second kappa shape index (κ2) is 32.7. The second-order valence-corrected chi connectivity index (χ2v) is 48.3. The van der Waals surface area contributed by atoms with E-state index in [1.54, 1.807) is 14.2 Å². The zero-order chi connectivity index (χ0) is 69.7. The van der Waals surface area contributed by atoms with Crippen LogP contribution in [0.4, 0.5) is 0 Å². The van der Waals surface area contributed by atoms with Crippen LogP contribution in [-0.2, 0) is 79.7 Å². The molecule has 8 aliphatic rings.